The van der Waals surface area contributed by atoms with Crippen LogP contribution in [0.25, 0.3) is 0 Å². The van der Waals surface area contributed by atoms with Crippen LogP contribution in [0.1, 0.15) is 56.1 Å². The molecule has 176 valence electrons. The van der Waals surface area contributed by atoms with Gasteiger partial charge in [0.25, 0.3) is 0 Å². The van der Waals surface area contributed by atoms with E-state index in [-0.39, 0.29) is 46.8 Å². The van der Waals surface area contributed by atoms with Crippen molar-refractivity contribution >= 4 is 5.97 Å². The molecule has 1 saturated heterocycles. The molecule has 10 atom stereocenters. The van der Waals surface area contributed by atoms with Gasteiger partial charge in [0, 0.05) is 0 Å². The molecule has 0 aromatic heterocycles. The first kappa shape index (κ1) is 25.4. The van der Waals surface area contributed by atoms with Crippen molar-refractivity contribution in [3.63, 3.8) is 0 Å². The van der Waals surface area contributed by atoms with E-state index in [0.29, 0.717) is 17.8 Å². The third-order valence-corrected chi connectivity index (χ3v) is 8.72. The second-order valence-electron chi connectivity index (χ2n) is 10.3. The first-order chi connectivity index (χ1) is 15.2. The number of hydrogen-bond acceptors (Lipinski definition) is 7. The van der Waals surface area contributed by atoms with E-state index < -0.39 is 36.7 Å². The maximum absolute atomic E-state index is 11.8. The van der Waals surface area contributed by atoms with E-state index in [1.165, 1.54) is 11.1 Å². The summed E-state index contributed by atoms with van der Waals surface area (Å²) in [6, 6.07) is 5.45. The van der Waals surface area contributed by atoms with Crippen molar-refractivity contribution in [1.82, 2.24) is 0 Å². The van der Waals surface area contributed by atoms with Crippen LogP contribution in [0, 0.1) is 17.3 Å². The second-order valence-corrected chi connectivity index (χ2v) is 10.3. The number of aliphatic carboxylic acids is 1. The van der Waals surface area contributed by atoms with Gasteiger partial charge in [0.2, 0.25) is 0 Å². The fourth-order valence-electron chi connectivity index (χ4n) is 7.06. The van der Waals surface area contributed by atoms with Crippen LogP contribution in [0.4, 0.5) is 0 Å². The predicted molar refractivity (Wildman–Crippen MR) is 110 cm³/mol. The molecule has 4 N–H and O–H groups in total. The van der Waals surface area contributed by atoms with Gasteiger partial charge >= 0.3 is 35.5 Å². The van der Waals surface area contributed by atoms with Crippen LogP contribution in [0.5, 0.6) is 5.75 Å². The average Bonchev–Trinajstić information content (AvgIpc) is 3.09. The van der Waals surface area contributed by atoms with Gasteiger partial charge in [0.1, 0.15) is 18.3 Å². The minimum absolute atomic E-state index is 0. The molecule has 0 radical (unpaired) electrons. The fraction of sp³-hybridized carbons (Fsp3) is 0.708. The van der Waals surface area contributed by atoms with Crippen molar-refractivity contribution in [3.05, 3.63) is 29.3 Å². The Morgan fingerprint density at radius 3 is 2.61 bits per heavy atom. The molecule has 0 amide bonds. The summed E-state index contributed by atoms with van der Waals surface area (Å²) < 4.78 is 11.5. The molecule has 0 unspecified atom stereocenters. The van der Waals surface area contributed by atoms with Crippen LogP contribution in [0.15, 0.2) is 18.2 Å². The Bertz CT molecular complexity index is 895. The number of aliphatic hydroxyl groups excluding tert-OH is 3. The molecular weight excluding hydrogens is 439 g/mol. The number of rotatable bonds is 3. The Labute approximate surface area is 215 Å². The standard InChI is InChI=1S/C24H32O8.Na/c1-24-9-8-14-13-5-3-12(25)10-11(13)2-4-15(14)16(24)6-7-17(24)31-23-20(28)18(26)19(27)21(32-23)22(29)30;/h3,5,10,14-21,23,25-28H,2,4,6-9H2,1H3,(H,29,30);/q;+1/p-1/t14-,15-,16+,17+,18+,19+,20-,21+,23-,24+;/m1./s1. The minimum atomic E-state index is -1.72. The SMILES string of the molecule is C[C@]12CC[C@@H]3c4ccc([O-])cc4CC[C@H]3[C@@H]1CC[C@@H]2O[C@@H]1O[C@H](C(=O)O)[C@@H](O)[C@H](O)[C@H]1O.[Na+]. The van der Waals surface area contributed by atoms with Crippen molar-refractivity contribution in [3.8, 4) is 5.75 Å². The summed E-state index contributed by atoms with van der Waals surface area (Å²) >= 11 is 0. The van der Waals surface area contributed by atoms with Gasteiger partial charge in [-0.05, 0) is 72.8 Å². The molecule has 1 heterocycles. The van der Waals surface area contributed by atoms with Gasteiger partial charge in [-0.3, -0.25) is 0 Å². The molecule has 1 aromatic rings. The van der Waals surface area contributed by atoms with E-state index >= 15 is 0 Å². The number of benzene rings is 1. The van der Waals surface area contributed by atoms with Crippen molar-refractivity contribution in [2.45, 2.75) is 88.2 Å². The van der Waals surface area contributed by atoms with E-state index in [1.807, 2.05) is 6.07 Å². The van der Waals surface area contributed by atoms with Gasteiger partial charge in [-0.1, -0.05) is 25.1 Å². The first-order valence-corrected chi connectivity index (χ1v) is 11.6. The van der Waals surface area contributed by atoms with E-state index in [4.69, 9.17) is 9.47 Å². The zero-order chi connectivity index (χ0) is 22.8. The quantitative estimate of drug-likeness (QED) is 0.369. The third-order valence-electron chi connectivity index (χ3n) is 8.72. The van der Waals surface area contributed by atoms with Crippen LogP contribution < -0.4 is 34.7 Å². The molecule has 33 heavy (non-hydrogen) atoms. The van der Waals surface area contributed by atoms with Crippen molar-refractivity contribution in [2.75, 3.05) is 0 Å². The predicted octanol–water partition coefficient (Wildman–Crippen LogP) is -2.10. The molecule has 3 fully saturated rings. The molecule has 2 saturated carbocycles. The molecule has 5 rings (SSSR count). The average molecular weight is 470 g/mol. The molecule has 9 heteroatoms. The zero-order valence-electron chi connectivity index (χ0n) is 19.1. The van der Waals surface area contributed by atoms with Crippen LogP contribution in [-0.2, 0) is 20.7 Å². The summed E-state index contributed by atoms with van der Waals surface area (Å²) in [7, 11) is 0. The number of carbonyl (C=O) groups is 1. The maximum Gasteiger partial charge on any atom is 1.00 e. The van der Waals surface area contributed by atoms with Gasteiger partial charge in [-0.25, -0.2) is 4.79 Å². The van der Waals surface area contributed by atoms with E-state index in [1.54, 1.807) is 12.1 Å². The topological polar surface area (TPSA) is 140 Å². The Hall–Kier alpha value is -0.710. The number of hydrogen-bond donors (Lipinski definition) is 4. The molecule has 1 aromatic carbocycles. The number of ether oxygens (including phenoxy) is 2. The van der Waals surface area contributed by atoms with E-state index in [2.05, 4.69) is 6.92 Å². The summed E-state index contributed by atoms with van der Waals surface area (Å²) in [5, 5.41) is 51.5. The number of aliphatic hydroxyl groups is 3. The molecular formula is C24H31NaO8. The monoisotopic (exact) mass is 470 g/mol. The summed E-state index contributed by atoms with van der Waals surface area (Å²) in [6.07, 6.45) is -2.55. The van der Waals surface area contributed by atoms with Crippen LogP contribution in [0.2, 0.25) is 0 Å². The number of aryl methyl sites for hydroxylation is 1. The Morgan fingerprint density at radius 1 is 1.12 bits per heavy atom. The number of fused-ring (bicyclic) bond motifs is 5. The van der Waals surface area contributed by atoms with E-state index in [0.717, 1.165) is 38.5 Å². The van der Waals surface area contributed by atoms with Crippen molar-refractivity contribution in [2.24, 2.45) is 17.3 Å². The summed E-state index contributed by atoms with van der Waals surface area (Å²) in [5.74, 6) is -0.00648. The van der Waals surface area contributed by atoms with Crippen molar-refractivity contribution < 1.29 is 69.4 Å². The van der Waals surface area contributed by atoms with Gasteiger partial charge in [0.05, 0.1) is 6.10 Å². The minimum Gasteiger partial charge on any atom is -0.872 e. The third kappa shape index (κ3) is 4.16. The fourth-order valence-corrected chi connectivity index (χ4v) is 7.06. The number of carboxylic acids is 1. The first-order valence-electron chi connectivity index (χ1n) is 11.6. The Morgan fingerprint density at radius 2 is 1.88 bits per heavy atom. The summed E-state index contributed by atoms with van der Waals surface area (Å²) in [4.78, 5) is 11.4. The Balaban J connectivity index is 0.00000259. The molecule has 3 aliphatic carbocycles. The molecule has 1 aliphatic heterocycles. The number of carboxylic acid groups (broad SMARTS) is 1. The molecule has 4 aliphatic rings. The molecule has 0 bridgehead atoms. The normalized spacial score (nSPS) is 44.2. The van der Waals surface area contributed by atoms with E-state index in [9.17, 15) is 30.3 Å². The maximum atomic E-state index is 11.8. The van der Waals surface area contributed by atoms with Crippen LogP contribution in [-0.4, -0.2) is 63.2 Å². The van der Waals surface area contributed by atoms with Crippen molar-refractivity contribution in [1.29, 1.82) is 0 Å². The summed E-state index contributed by atoms with van der Waals surface area (Å²) in [6.45, 7) is 2.21. The zero-order valence-corrected chi connectivity index (χ0v) is 21.1. The second kappa shape index (κ2) is 9.39. The smallest absolute Gasteiger partial charge is 0.872 e. The molecule has 8 nitrogen and oxygen atoms in total. The Kier molecular flexibility index (Phi) is 7.22. The van der Waals surface area contributed by atoms with Gasteiger partial charge < -0.3 is 35.0 Å². The van der Waals surface area contributed by atoms with Gasteiger partial charge in [-0.2, -0.15) is 0 Å². The van der Waals surface area contributed by atoms with Gasteiger partial charge in [0.15, 0.2) is 12.4 Å². The van der Waals surface area contributed by atoms with Crippen LogP contribution in [0.3, 0.4) is 0 Å². The van der Waals surface area contributed by atoms with Gasteiger partial charge in [-0.15, -0.1) is 5.75 Å². The van der Waals surface area contributed by atoms with Crippen LogP contribution >= 0.6 is 0 Å². The summed E-state index contributed by atoms with van der Waals surface area (Å²) in [5.41, 5.74) is 2.33. The largest absolute Gasteiger partial charge is 1.00 e. The molecule has 0 spiro atoms.